The molecule has 3 nitrogen and oxygen atoms in total. The van der Waals surface area contributed by atoms with Crippen LogP contribution in [0, 0.1) is 13.8 Å². The lowest BCUT2D eigenvalue weighted by atomic mass is 10.0. The first-order chi connectivity index (χ1) is 14.0. The Hall–Kier alpha value is -3.33. The Labute approximate surface area is 172 Å². The molecule has 0 fully saturated rings. The smallest absolute Gasteiger partial charge is 0.185 e. The number of allylic oxidation sites excluding steroid dienone is 1. The molecule has 146 valence electrons. The summed E-state index contributed by atoms with van der Waals surface area (Å²) in [6.45, 7) is 6.09. The lowest BCUT2D eigenvalue weighted by Crippen LogP contribution is -2.14. The highest BCUT2D eigenvalue weighted by Crippen LogP contribution is 2.30. The molecule has 3 heteroatoms. The lowest BCUT2D eigenvalue weighted by molar-refractivity contribution is 0.104. The Morgan fingerprint density at radius 2 is 1.59 bits per heavy atom. The van der Waals surface area contributed by atoms with Gasteiger partial charge in [-0.05, 0) is 72.0 Å². The van der Waals surface area contributed by atoms with Crippen LogP contribution in [0.5, 0.6) is 5.75 Å². The van der Waals surface area contributed by atoms with Crippen molar-refractivity contribution in [2.45, 2.75) is 26.9 Å². The Kier molecular flexibility index (Phi) is 5.22. The molecule has 0 unspecified atom stereocenters. The molecule has 0 aliphatic carbocycles. The first-order valence-corrected chi connectivity index (χ1v) is 9.84. The lowest BCUT2D eigenvalue weighted by Gasteiger charge is -2.18. The van der Waals surface area contributed by atoms with E-state index in [-0.39, 0.29) is 5.78 Å². The van der Waals surface area contributed by atoms with Crippen molar-refractivity contribution in [3.05, 3.63) is 100 Å². The molecule has 1 aliphatic rings. The molecule has 0 saturated carbocycles. The van der Waals surface area contributed by atoms with Gasteiger partial charge in [-0.3, -0.25) is 4.79 Å². The van der Waals surface area contributed by atoms with Crippen LogP contribution in [0.25, 0.3) is 6.08 Å². The summed E-state index contributed by atoms with van der Waals surface area (Å²) in [7, 11) is 1.64. The maximum atomic E-state index is 12.7. The molecule has 0 bridgehead atoms. The van der Waals surface area contributed by atoms with Gasteiger partial charge in [0.2, 0.25) is 0 Å². The van der Waals surface area contributed by atoms with Gasteiger partial charge in [0, 0.05) is 24.3 Å². The number of hydrogen-bond acceptors (Lipinski definition) is 3. The zero-order valence-electron chi connectivity index (χ0n) is 17.1. The van der Waals surface area contributed by atoms with Crippen molar-refractivity contribution in [2.24, 2.45) is 0 Å². The van der Waals surface area contributed by atoms with Crippen molar-refractivity contribution in [1.29, 1.82) is 0 Å². The third kappa shape index (κ3) is 4.09. The van der Waals surface area contributed by atoms with Crippen LogP contribution < -0.4 is 9.64 Å². The van der Waals surface area contributed by atoms with E-state index in [1.807, 2.05) is 48.5 Å². The fourth-order valence-electron chi connectivity index (χ4n) is 3.72. The summed E-state index contributed by atoms with van der Waals surface area (Å²) in [5.74, 6) is 0.809. The fraction of sp³-hybridized carbons (Fsp3) is 0.192. The fourth-order valence-corrected chi connectivity index (χ4v) is 3.72. The van der Waals surface area contributed by atoms with E-state index in [2.05, 4.69) is 36.9 Å². The number of rotatable bonds is 5. The van der Waals surface area contributed by atoms with Crippen molar-refractivity contribution in [2.75, 3.05) is 12.0 Å². The molecule has 3 aromatic carbocycles. The highest BCUT2D eigenvalue weighted by Gasteiger charge is 2.20. The number of fused-ring (bicyclic) bond motifs is 1. The Morgan fingerprint density at radius 3 is 2.21 bits per heavy atom. The number of ether oxygens (including phenoxy) is 1. The summed E-state index contributed by atoms with van der Waals surface area (Å²) in [5.41, 5.74) is 8.18. The number of methoxy groups -OCH3 is 1. The topological polar surface area (TPSA) is 29.5 Å². The SMILES string of the molecule is COc1ccc(/C=C/C(=O)c2cccc(N3Cc4cc(C)c(C)cc4C3)c2)cc1. The molecular weight excluding hydrogens is 358 g/mol. The first kappa shape index (κ1) is 19.0. The van der Waals surface area contributed by atoms with E-state index in [1.165, 1.54) is 22.3 Å². The first-order valence-electron chi connectivity index (χ1n) is 9.84. The molecule has 0 aromatic heterocycles. The zero-order valence-corrected chi connectivity index (χ0v) is 17.1. The Balaban J connectivity index is 1.50. The maximum absolute atomic E-state index is 12.7. The summed E-state index contributed by atoms with van der Waals surface area (Å²) >= 11 is 0. The van der Waals surface area contributed by atoms with Crippen molar-refractivity contribution < 1.29 is 9.53 Å². The van der Waals surface area contributed by atoms with E-state index in [0.29, 0.717) is 5.56 Å². The van der Waals surface area contributed by atoms with E-state index >= 15 is 0 Å². The minimum absolute atomic E-state index is 0.00562. The molecule has 0 radical (unpaired) electrons. The molecule has 0 spiro atoms. The Morgan fingerprint density at radius 1 is 0.931 bits per heavy atom. The average molecular weight is 383 g/mol. The third-order valence-corrected chi connectivity index (χ3v) is 5.58. The van der Waals surface area contributed by atoms with Crippen LogP contribution in [0.15, 0.2) is 66.7 Å². The van der Waals surface area contributed by atoms with E-state index < -0.39 is 0 Å². The van der Waals surface area contributed by atoms with Gasteiger partial charge in [-0.25, -0.2) is 0 Å². The van der Waals surface area contributed by atoms with Crippen LogP contribution in [0.3, 0.4) is 0 Å². The molecule has 1 aliphatic heterocycles. The highest BCUT2D eigenvalue weighted by molar-refractivity contribution is 6.07. The third-order valence-electron chi connectivity index (χ3n) is 5.58. The summed E-state index contributed by atoms with van der Waals surface area (Å²) in [6, 6.07) is 20.1. The zero-order chi connectivity index (χ0) is 20.4. The van der Waals surface area contributed by atoms with Crippen LogP contribution in [-0.4, -0.2) is 12.9 Å². The molecule has 3 aromatic rings. The van der Waals surface area contributed by atoms with Crippen molar-refractivity contribution in [3.63, 3.8) is 0 Å². The molecular formula is C26H25NO2. The number of hydrogen-bond donors (Lipinski definition) is 0. The number of anilines is 1. The van der Waals surface area contributed by atoms with Gasteiger partial charge in [-0.2, -0.15) is 0 Å². The van der Waals surface area contributed by atoms with Crippen LogP contribution in [-0.2, 0) is 13.1 Å². The van der Waals surface area contributed by atoms with Gasteiger partial charge in [0.1, 0.15) is 5.75 Å². The van der Waals surface area contributed by atoms with Gasteiger partial charge in [0.25, 0.3) is 0 Å². The summed E-state index contributed by atoms with van der Waals surface area (Å²) < 4.78 is 5.17. The average Bonchev–Trinajstić information content (AvgIpc) is 3.15. The maximum Gasteiger partial charge on any atom is 0.185 e. The number of aryl methyl sites for hydroxylation is 2. The van der Waals surface area contributed by atoms with Gasteiger partial charge in [0.05, 0.1) is 7.11 Å². The molecule has 4 rings (SSSR count). The monoisotopic (exact) mass is 383 g/mol. The Bertz CT molecular complexity index is 1050. The minimum atomic E-state index is 0.00562. The predicted molar refractivity (Wildman–Crippen MR) is 119 cm³/mol. The van der Waals surface area contributed by atoms with Crippen molar-refractivity contribution in [1.82, 2.24) is 0 Å². The van der Waals surface area contributed by atoms with Crippen LogP contribution in [0.2, 0.25) is 0 Å². The highest BCUT2D eigenvalue weighted by atomic mass is 16.5. The predicted octanol–water partition coefficient (Wildman–Crippen LogP) is 5.73. The normalized spacial score (nSPS) is 13.0. The van der Waals surface area contributed by atoms with Crippen LogP contribution in [0.1, 0.15) is 38.2 Å². The quantitative estimate of drug-likeness (QED) is 0.416. The second kappa shape index (κ2) is 7.96. The van der Waals surface area contributed by atoms with Crippen molar-refractivity contribution in [3.8, 4) is 5.75 Å². The second-order valence-electron chi connectivity index (χ2n) is 7.58. The number of carbonyl (C=O) groups is 1. The van der Waals surface area contributed by atoms with Gasteiger partial charge >= 0.3 is 0 Å². The molecule has 0 N–H and O–H groups in total. The summed E-state index contributed by atoms with van der Waals surface area (Å²) in [4.78, 5) is 15.0. The standard InChI is InChI=1S/C26H25NO2/c1-18-13-22-16-27(17-23(22)14-19(18)2)24-6-4-5-21(15-24)26(28)12-9-20-7-10-25(29-3)11-8-20/h4-15H,16-17H2,1-3H3/b12-9+. The number of benzene rings is 3. The molecule has 0 saturated heterocycles. The largest absolute Gasteiger partial charge is 0.497 e. The number of ketones is 1. The summed E-state index contributed by atoms with van der Waals surface area (Å²) in [6.07, 6.45) is 3.47. The van der Waals surface area contributed by atoms with E-state index in [4.69, 9.17) is 4.74 Å². The minimum Gasteiger partial charge on any atom is -0.497 e. The number of carbonyl (C=O) groups excluding carboxylic acids is 1. The van der Waals surface area contributed by atoms with E-state index in [9.17, 15) is 4.79 Å². The van der Waals surface area contributed by atoms with Gasteiger partial charge in [-0.1, -0.05) is 42.5 Å². The van der Waals surface area contributed by atoms with Gasteiger partial charge < -0.3 is 9.64 Å². The van der Waals surface area contributed by atoms with E-state index in [1.54, 1.807) is 13.2 Å². The van der Waals surface area contributed by atoms with Gasteiger partial charge in [-0.15, -0.1) is 0 Å². The molecule has 1 heterocycles. The molecule has 0 amide bonds. The van der Waals surface area contributed by atoms with Crippen molar-refractivity contribution >= 4 is 17.5 Å². The summed E-state index contributed by atoms with van der Waals surface area (Å²) in [5, 5.41) is 0. The van der Waals surface area contributed by atoms with E-state index in [0.717, 1.165) is 30.1 Å². The number of nitrogens with zero attached hydrogens (tertiary/aromatic N) is 1. The second-order valence-corrected chi connectivity index (χ2v) is 7.58. The molecule has 29 heavy (non-hydrogen) atoms. The van der Waals surface area contributed by atoms with Gasteiger partial charge in [0.15, 0.2) is 5.78 Å². The van der Waals surface area contributed by atoms with Crippen LogP contribution >= 0.6 is 0 Å². The molecule has 0 atom stereocenters. The van der Waals surface area contributed by atoms with Crippen LogP contribution in [0.4, 0.5) is 5.69 Å².